The van der Waals surface area contributed by atoms with Gasteiger partial charge in [0.2, 0.25) is 0 Å². The van der Waals surface area contributed by atoms with Crippen LogP contribution in [0.1, 0.15) is 163 Å². The molecule has 32 nitrogen and oxygen atoms in total. The van der Waals surface area contributed by atoms with Crippen molar-refractivity contribution < 1.29 is 77.9 Å². The molecule has 0 fully saturated rings. The number of aryl methyl sites for hydroxylation is 8. The first-order valence-corrected chi connectivity index (χ1v) is 45.8. The highest BCUT2D eigenvalue weighted by Gasteiger charge is 2.39. The zero-order valence-electron chi connectivity index (χ0n) is 93.2. The van der Waals surface area contributed by atoms with Crippen LogP contribution in [-0.2, 0) is 107 Å². The molecule has 0 amide bonds. The molecule has 772 valence electrons. The Labute approximate surface area is 860 Å². The van der Waals surface area contributed by atoms with Gasteiger partial charge in [-0.2, -0.15) is 52.7 Å². The number of hydrogen-bond donors (Lipinski definition) is 0. The lowest BCUT2D eigenvalue weighted by Gasteiger charge is -2.11. The zero-order chi connectivity index (χ0) is 118. The summed E-state index contributed by atoms with van der Waals surface area (Å²) < 4.78 is 294. The molecule has 0 saturated carbocycles. The first-order valence-electron chi connectivity index (χ1n) is 51.8. The van der Waals surface area contributed by atoms with Crippen molar-refractivity contribution >= 4 is 44.7 Å². The molecular formula is C104H94F14N28O4. The largest absolute Gasteiger partial charge is 0.434 e. The number of aromatic nitrogens is 28. The minimum absolute atomic E-state index is 0.0141. The molecule has 20 rings (SSSR count). The van der Waals surface area contributed by atoms with Gasteiger partial charge in [0.25, 0.3) is 0 Å². The molecule has 0 spiro atoms. The Balaban J connectivity index is 0.000000145. The van der Waals surface area contributed by atoms with E-state index in [1.807, 2.05) is 67.5 Å². The molecule has 0 saturated heterocycles. The molecule has 0 aliphatic heterocycles. The molecule has 0 aliphatic rings. The van der Waals surface area contributed by atoms with Gasteiger partial charge in [-0.25, -0.2) is 87.8 Å². The van der Waals surface area contributed by atoms with Crippen LogP contribution in [0.25, 0.3) is 136 Å². The summed E-state index contributed by atoms with van der Waals surface area (Å²) in [6.07, 6.45) is -4.07. The second-order valence-corrected chi connectivity index (χ2v) is 36.0. The summed E-state index contributed by atoms with van der Waals surface area (Å²) in [5, 5.41) is 0. The topological polar surface area (TPSA) is 334 Å². The Morgan fingerprint density at radius 1 is 0.293 bits per heavy atom. The van der Waals surface area contributed by atoms with Gasteiger partial charge in [-0.05, 0) is 101 Å². The van der Waals surface area contributed by atoms with E-state index in [9.17, 15) is 71.9 Å². The fourth-order valence-electron chi connectivity index (χ4n) is 16.8. The van der Waals surface area contributed by atoms with Gasteiger partial charge in [-0.3, -0.25) is 56.5 Å². The second-order valence-electron chi connectivity index (χ2n) is 36.0. The van der Waals surface area contributed by atoms with Crippen LogP contribution in [0.3, 0.4) is 0 Å². The summed E-state index contributed by atoms with van der Waals surface area (Å²) in [7, 11) is 5.87. The van der Waals surface area contributed by atoms with Gasteiger partial charge in [0.15, 0.2) is 68.7 Å². The molecule has 0 atom stereocenters. The van der Waals surface area contributed by atoms with Crippen LogP contribution in [0.15, 0.2) is 227 Å². The molecule has 0 bridgehead atoms. The minimum atomic E-state index is -4.85. The highest BCUT2D eigenvalue weighted by molar-refractivity contribution is 5.79. The van der Waals surface area contributed by atoms with Crippen LogP contribution >= 0.6 is 0 Å². The van der Waals surface area contributed by atoms with Crippen molar-refractivity contribution in [1.29, 1.82) is 0 Å². The standard InChI is InChI=1S/C26H22F5N7O.3C26H24F3N7O/c1-13(2)21-15(6-5-7-32-21)22-33-10-19-24(35-22)38(25(39)37(19)4)11-16-17(27)8-14(9-18(16)28)23-34-20(12-36(23)3)26(29,30)31;3*1-15(2)21-18(6-5-11-30-21)22-31-12-19-24(33-22)36(25(37)35(19)4)13-16-7-9-17(10-8-16)23-32-20(14-34(23)3)26(27,28)29/h5-10,12-13H,11H2,1-4H3;3*5-12,14-15H,13H2,1-4H3/i;3D3,4D3;4D3;3D3. The highest BCUT2D eigenvalue weighted by Crippen LogP contribution is 2.39. The lowest BCUT2D eigenvalue weighted by molar-refractivity contribution is -0.141. The van der Waals surface area contributed by atoms with E-state index in [0.29, 0.717) is 109 Å². The molecule has 16 aromatic heterocycles. The van der Waals surface area contributed by atoms with E-state index in [1.54, 1.807) is 111 Å². The Morgan fingerprint density at radius 2 is 0.533 bits per heavy atom. The minimum Gasteiger partial charge on any atom is -0.333 e. The van der Waals surface area contributed by atoms with Crippen molar-refractivity contribution in [3.63, 3.8) is 0 Å². The van der Waals surface area contributed by atoms with Gasteiger partial charge in [0.1, 0.15) is 57.0 Å². The van der Waals surface area contributed by atoms with Crippen molar-refractivity contribution in [3.05, 3.63) is 329 Å². The number of fused-ring (bicyclic) bond motifs is 4. The first-order chi connectivity index (χ1) is 75.8. The molecule has 150 heavy (non-hydrogen) atoms. The number of rotatable bonds is 20. The molecule has 0 N–H and O–H groups in total. The number of benzene rings is 4. The van der Waals surface area contributed by atoms with E-state index in [0.717, 1.165) is 56.3 Å². The quantitative estimate of drug-likeness (QED) is 0.0640. The number of imidazole rings is 8. The van der Waals surface area contributed by atoms with E-state index in [1.165, 1.54) is 104 Å². The molecule has 16 heterocycles. The summed E-state index contributed by atoms with van der Waals surface area (Å²) in [6.45, 7) is 3.83. The zero-order valence-corrected chi connectivity index (χ0v) is 81.2. The van der Waals surface area contributed by atoms with Crippen LogP contribution < -0.4 is 22.8 Å². The summed E-state index contributed by atoms with van der Waals surface area (Å²) >= 11 is 0. The van der Waals surface area contributed by atoms with Crippen LogP contribution in [0.2, 0.25) is 0 Å². The maximum absolute atomic E-state index is 15.2. The molecule has 0 aliphatic carbocycles. The third-order valence-corrected chi connectivity index (χ3v) is 24.3. The number of nitrogens with zero attached hydrogens (tertiary/aromatic N) is 28. The van der Waals surface area contributed by atoms with Gasteiger partial charge < -0.3 is 18.3 Å². The van der Waals surface area contributed by atoms with E-state index in [4.69, 9.17) is 21.4 Å². The van der Waals surface area contributed by atoms with E-state index < -0.39 is 122 Å². The first kappa shape index (κ1) is 89.2. The van der Waals surface area contributed by atoms with Crippen LogP contribution in [-0.4, -0.2) is 135 Å². The number of alkyl halides is 12. The summed E-state index contributed by atoms with van der Waals surface area (Å²) in [4.78, 5) is 121. The number of pyridine rings is 4. The fraction of sp³-hybridized carbons (Fsp3) is 0.269. The molecule has 0 unspecified atom stereocenters. The Bertz CT molecular complexity index is 9290. The average molecular weight is 2080 g/mol. The van der Waals surface area contributed by atoms with Gasteiger partial charge in [-0.1, -0.05) is 128 Å². The van der Waals surface area contributed by atoms with Gasteiger partial charge in [0, 0.05) is 172 Å². The van der Waals surface area contributed by atoms with E-state index in [2.05, 4.69) is 74.8 Å². The Hall–Kier alpha value is -17.3. The number of hydrogen-bond acceptors (Lipinski definition) is 20. The molecular weight excluding hydrogens is 1970 g/mol. The Morgan fingerprint density at radius 3 is 0.780 bits per heavy atom. The van der Waals surface area contributed by atoms with E-state index >= 15 is 8.78 Å². The Kier molecular flexibility index (Phi) is 24.3. The van der Waals surface area contributed by atoms with E-state index in [-0.39, 0.29) is 117 Å². The predicted molar refractivity (Wildman–Crippen MR) is 531 cm³/mol. The summed E-state index contributed by atoms with van der Waals surface area (Å²) in [5.74, 6) is -1.44. The van der Waals surface area contributed by atoms with Crippen molar-refractivity contribution in [1.82, 2.24) is 135 Å². The maximum atomic E-state index is 15.2. The normalized spacial score (nSPS) is 13.6. The predicted octanol–water partition coefficient (Wildman–Crippen LogP) is 19.4. The van der Waals surface area contributed by atoms with Crippen molar-refractivity contribution in [2.24, 2.45) is 56.1 Å². The maximum Gasteiger partial charge on any atom is 0.434 e. The molecule has 0 radical (unpaired) electrons. The summed E-state index contributed by atoms with van der Waals surface area (Å²) in [6, 6.07) is 34.4. The van der Waals surface area contributed by atoms with Crippen LogP contribution in [0.5, 0.6) is 0 Å². The van der Waals surface area contributed by atoms with Crippen molar-refractivity contribution in [2.45, 2.75) is 130 Å². The van der Waals surface area contributed by atoms with Gasteiger partial charge >= 0.3 is 47.5 Å². The lowest BCUT2D eigenvalue weighted by atomic mass is 10.0. The lowest BCUT2D eigenvalue weighted by Crippen LogP contribution is -2.23. The third kappa shape index (κ3) is 20.9. The smallest absolute Gasteiger partial charge is 0.333 e. The monoisotopic (exact) mass is 2080 g/mol. The van der Waals surface area contributed by atoms with Crippen molar-refractivity contribution in [3.8, 4) is 91.1 Å². The van der Waals surface area contributed by atoms with Crippen molar-refractivity contribution in [2.75, 3.05) is 0 Å². The van der Waals surface area contributed by atoms with Crippen LogP contribution in [0, 0.1) is 11.6 Å². The number of halogens is 14. The second kappa shape index (κ2) is 40.9. The van der Waals surface area contributed by atoms with Gasteiger partial charge in [0.05, 0.1) is 73.7 Å². The highest BCUT2D eigenvalue weighted by atomic mass is 19.4. The summed E-state index contributed by atoms with van der Waals surface area (Å²) in [5.41, 5.74) is 1.82. The van der Waals surface area contributed by atoms with Gasteiger partial charge in [-0.15, -0.1) is 0 Å². The average Bonchev–Trinajstić information content (AvgIpc) is 1.59. The fourth-order valence-corrected chi connectivity index (χ4v) is 16.8. The molecule has 46 heteroatoms. The third-order valence-electron chi connectivity index (χ3n) is 24.3. The molecule has 20 aromatic rings. The molecule has 4 aromatic carbocycles. The van der Waals surface area contributed by atoms with Crippen LogP contribution in [0.4, 0.5) is 61.5 Å². The SMILES string of the molecule is CC(C)c1ncccc1-c1ncc2c(n1)n(Cc1c(F)cc(-c3nc(C(F)(F)F)cn3C)cc1F)c(=O)n2C.[2H]C([2H])([2H])n1c(=O)n(Cc2ccc(-c3nc(C(F)(F)F)cn3C)cc2)c2nc(-c3cccnc3C(C)C)ncc21.[2H]C([2H])([2H])n1cc(C(F)(F)F)nc1-c1ccc(Cn2c(=O)n(C([2H])([2H])[2H])c3cnc(-c4cccnc4C(C)C)nc32)cc1.[2H]C([2H])([2H])n1cc(C(F)(F)F)nc1-c1ccc(Cn2c(=O)n(C)c3cnc(-c4cccnc4C(C)C)nc32)cc1.